The maximum atomic E-state index is 8.73. The molecule has 0 amide bonds. The topological polar surface area (TPSA) is 27.1 Å². The van der Waals surface area contributed by atoms with E-state index < -0.39 is 0 Å². The zero-order valence-electron chi connectivity index (χ0n) is 31.0. The van der Waals surface area contributed by atoms with Crippen molar-refractivity contribution in [2.75, 3.05) is 4.90 Å². The minimum atomic E-state index is -0.0720. The van der Waals surface area contributed by atoms with Gasteiger partial charge in [-0.1, -0.05) is 154 Å². The predicted octanol–water partition coefficient (Wildman–Crippen LogP) is 14.0. The molecule has 0 bridgehead atoms. The van der Waals surface area contributed by atoms with E-state index in [-0.39, 0.29) is 17.4 Å². The van der Waals surface area contributed by atoms with Crippen LogP contribution in [0.25, 0.3) is 66.1 Å². The van der Waals surface area contributed by atoms with E-state index in [0.29, 0.717) is 0 Å². The van der Waals surface area contributed by atoms with Crippen LogP contribution in [0, 0.1) is 5.41 Å². The Balaban J connectivity index is 1.14. The van der Waals surface area contributed by atoms with Crippen LogP contribution in [-0.4, -0.2) is 12.3 Å². The number of hydrogen-bond donors (Lipinski definition) is 1. The Bertz CT molecular complexity index is 2760. The summed E-state index contributed by atoms with van der Waals surface area (Å²) < 4.78 is 0. The Morgan fingerprint density at radius 1 is 0.537 bits per heavy atom. The van der Waals surface area contributed by atoms with E-state index in [1.165, 1.54) is 94.1 Å². The SMILES string of the molecule is CCC1C(C=N)c2cc(-c3ccc4c(-c5ccccc5)c5ccccc5c(-c5ccccc5)c4c3)ccc2N1c1ccc2c(c1)C(C)(C)c1ccccc1-2. The van der Waals surface area contributed by atoms with E-state index in [1.807, 2.05) is 0 Å². The minimum Gasteiger partial charge on any atom is -0.337 e. The zero-order chi connectivity index (χ0) is 36.6. The molecular weight excluding hydrogens is 653 g/mol. The summed E-state index contributed by atoms with van der Waals surface area (Å²) in [5, 5.41) is 13.7. The summed E-state index contributed by atoms with van der Waals surface area (Å²) in [5.41, 5.74) is 16.3. The third-order valence-corrected chi connectivity index (χ3v) is 12.3. The first-order valence-electron chi connectivity index (χ1n) is 19.3. The van der Waals surface area contributed by atoms with Crippen LogP contribution in [0.2, 0.25) is 0 Å². The molecule has 2 atom stereocenters. The van der Waals surface area contributed by atoms with Gasteiger partial charge in [0, 0.05) is 35.0 Å². The number of rotatable bonds is 6. The lowest BCUT2D eigenvalue weighted by Crippen LogP contribution is -2.30. The van der Waals surface area contributed by atoms with Crippen molar-refractivity contribution in [2.24, 2.45) is 0 Å². The molecule has 8 aromatic carbocycles. The standard InChI is InChI=1S/C52H42N2/c1-4-48-45(32-53)43-29-36(24-28-49(43)54(48)37-25-27-39-38-19-13-14-22-46(38)52(2,3)47(39)31-37)35-23-26-42-44(30-35)51(34-17-9-6-10-18-34)41-21-12-11-20-40(41)50(42)33-15-7-5-8-16-33/h5-32,45,48,53H,4H2,1-3H3. The third kappa shape index (κ3) is 4.76. The molecule has 260 valence electrons. The van der Waals surface area contributed by atoms with Gasteiger partial charge in [-0.3, -0.25) is 0 Å². The molecule has 2 nitrogen and oxygen atoms in total. The Morgan fingerprint density at radius 2 is 1.11 bits per heavy atom. The molecule has 2 unspecified atom stereocenters. The summed E-state index contributed by atoms with van der Waals surface area (Å²) in [6, 6.07) is 60.6. The number of nitrogens with one attached hydrogen (secondary N) is 1. The van der Waals surface area contributed by atoms with Crippen LogP contribution in [0.15, 0.2) is 164 Å². The summed E-state index contributed by atoms with van der Waals surface area (Å²) in [4.78, 5) is 2.51. The molecule has 1 heterocycles. The largest absolute Gasteiger partial charge is 0.337 e. The highest BCUT2D eigenvalue weighted by Crippen LogP contribution is 2.53. The molecule has 2 heteroatoms. The second kappa shape index (κ2) is 12.4. The van der Waals surface area contributed by atoms with Crippen molar-refractivity contribution >= 4 is 39.1 Å². The van der Waals surface area contributed by atoms with Crippen LogP contribution in [-0.2, 0) is 5.41 Å². The van der Waals surface area contributed by atoms with Crippen molar-refractivity contribution in [3.63, 3.8) is 0 Å². The first kappa shape index (κ1) is 32.4. The molecule has 0 saturated heterocycles. The second-order valence-electron chi connectivity index (χ2n) is 15.5. The summed E-state index contributed by atoms with van der Waals surface area (Å²) in [7, 11) is 0. The molecule has 0 radical (unpaired) electrons. The lowest BCUT2D eigenvalue weighted by Gasteiger charge is -2.30. The van der Waals surface area contributed by atoms with Gasteiger partial charge in [0.1, 0.15) is 0 Å². The number of nitrogens with zero attached hydrogens (tertiary/aromatic N) is 1. The van der Waals surface area contributed by atoms with Gasteiger partial charge in [-0.2, -0.15) is 0 Å². The fourth-order valence-electron chi connectivity index (χ4n) is 9.77. The van der Waals surface area contributed by atoms with Crippen LogP contribution >= 0.6 is 0 Å². The molecule has 1 aliphatic heterocycles. The predicted molar refractivity (Wildman–Crippen MR) is 230 cm³/mol. The average Bonchev–Trinajstić information content (AvgIpc) is 3.67. The van der Waals surface area contributed by atoms with Crippen molar-refractivity contribution in [3.8, 4) is 44.5 Å². The monoisotopic (exact) mass is 694 g/mol. The zero-order valence-corrected chi connectivity index (χ0v) is 31.0. The van der Waals surface area contributed by atoms with Crippen molar-refractivity contribution in [3.05, 3.63) is 180 Å². The quantitative estimate of drug-likeness (QED) is 0.136. The number of fused-ring (bicyclic) bond motifs is 6. The molecule has 10 rings (SSSR count). The molecule has 1 N–H and O–H groups in total. The summed E-state index contributed by atoms with van der Waals surface area (Å²) in [6.45, 7) is 6.96. The molecule has 1 aliphatic carbocycles. The fourth-order valence-corrected chi connectivity index (χ4v) is 9.77. The summed E-state index contributed by atoms with van der Waals surface area (Å²) >= 11 is 0. The van der Waals surface area contributed by atoms with Crippen LogP contribution in [0.3, 0.4) is 0 Å². The van der Waals surface area contributed by atoms with Crippen molar-refractivity contribution < 1.29 is 0 Å². The molecule has 0 saturated carbocycles. The lowest BCUT2D eigenvalue weighted by molar-refractivity contribution is 0.632. The highest BCUT2D eigenvalue weighted by Gasteiger charge is 2.40. The Labute approximate surface area is 317 Å². The highest BCUT2D eigenvalue weighted by atomic mass is 15.2. The summed E-state index contributed by atoms with van der Waals surface area (Å²) in [6.07, 6.45) is 2.62. The first-order chi connectivity index (χ1) is 26.5. The van der Waals surface area contributed by atoms with E-state index >= 15 is 0 Å². The van der Waals surface area contributed by atoms with Crippen LogP contribution in [0.1, 0.15) is 49.8 Å². The second-order valence-corrected chi connectivity index (χ2v) is 15.5. The van der Waals surface area contributed by atoms with Gasteiger partial charge in [-0.05, 0) is 119 Å². The molecule has 0 fully saturated rings. The number of hydrogen-bond acceptors (Lipinski definition) is 2. The fraction of sp³-hybridized carbons (Fsp3) is 0.135. The van der Waals surface area contributed by atoms with Crippen molar-refractivity contribution in [1.29, 1.82) is 5.41 Å². The van der Waals surface area contributed by atoms with E-state index in [2.05, 4.69) is 189 Å². The average molecular weight is 695 g/mol. The highest BCUT2D eigenvalue weighted by molar-refractivity contribution is 6.22. The maximum Gasteiger partial charge on any atom is 0.0458 e. The molecule has 0 aromatic heterocycles. The van der Waals surface area contributed by atoms with E-state index in [1.54, 1.807) is 6.21 Å². The van der Waals surface area contributed by atoms with Crippen molar-refractivity contribution in [2.45, 2.75) is 44.6 Å². The number of benzene rings is 8. The summed E-state index contributed by atoms with van der Waals surface area (Å²) in [5.74, 6) is -0.00243. The molecular formula is C52H42N2. The first-order valence-corrected chi connectivity index (χ1v) is 19.3. The smallest absolute Gasteiger partial charge is 0.0458 e. The van der Waals surface area contributed by atoms with Gasteiger partial charge in [0.2, 0.25) is 0 Å². The van der Waals surface area contributed by atoms with Crippen LogP contribution in [0.4, 0.5) is 11.4 Å². The van der Waals surface area contributed by atoms with Gasteiger partial charge in [-0.15, -0.1) is 0 Å². The van der Waals surface area contributed by atoms with Gasteiger partial charge in [0.05, 0.1) is 0 Å². The Morgan fingerprint density at radius 3 is 1.80 bits per heavy atom. The van der Waals surface area contributed by atoms with Gasteiger partial charge in [0.15, 0.2) is 0 Å². The van der Waals surface area contributed by atoms with E-state index in [4.69, 9.17) is 5.41 Å². The minimum absolute atomic E-state index is 0.00243. The van der Waals surface area contributed by atoms with E-state index in [9.17, 15) is 0 Å². The van der Waals surface area contributed by atoms with Crippen LogP contribution < -0.4 is 4.90 Å². The van der Waals surface area contributed by atoms with Gasteiger partial charge in [-0.25, -0.2) is 0 Å². The molecule has 8 aromatic rings. The van der Waals surface area contributed by atoms with Crippen molar-refractivity contribution in [1.82, 2.24) is 0 Å². The Hall–Kier alpha value is -6.25. The lowest BCUT2D eigenvalue weighted by atomic mass is 9.82. The maximum absolute atomic E-state index is 8.73. The Kier molecular flexibility index (Phi) is 7.45. The third-order valence-electron chi connectivity index (χ3n) is 12.3. The van der Waals surface area contributed by atoms with Gasteiger partial charge < -0.3 is 10.3 Å². The van der Waals surface area contributed by atoms with E-state index in [0.717, 1.165) is 6.42 Å². The normalized spacial score (nSPS) is 16.7. The van der Waals surface area contributed by atoms with Gasteiger partial charge in [0.25, 0.3) is 0 Å². The molecule has 54 heavy (non-hydrogen) atoms. The van der Waals surface area contributed by atoms with Gasteiger partial charge >= 0.3 is 0 Å². The molecule has 2 aliphatic rings. The molecule has 0 spiro atoms. The number of anilines is 2. The van der Waals surface area contributed by atoms with Crippen LogP contribution in [0.5, 0.6) is 0 Å².